The predicted octanol–water partition coefficient (Wildman–Crippen LogP) is 1.62. The van der Waals surface area contributed by atoms with E-state index >= 15 is 0 Å². The van der Waals surface area contributed by atoms with Gasteiger partial charge in [0.2, 0.25) is 5.91 Å². The van der Waals surface area contributed by atoms with Gasteiger partial charge in [0.1, 0.15) is 5.82 Å². The number of amides is 1. The van der Waals surface area contributed by atoms with Crippen molar-refractivity contribution in [2.24, 2.45) is 0 Å². The molecule has 1 aliphatic rings. The summed E-state index contributed by atoms with van der Waals surface area (Å²) in [5.41, 5.74) is 1.43. The number of rotatable bonds is 6. The summed E-state index contributed by atoms with van der Waals surface area (Å²) in [6, 6.07) is 7.84. The Morgan fingerprint density at radius 3 is 2.56 bits per heavy atom. The number of carbonyl (C=O) groups is 1. The Morgan fingerprint density at radius 1 is 1.16 bits per heavy atom. The van der Waals surface area contributed by atoms with E-state index in [1.807, 2.05) is 6.92 Å². The van der Waals surface area contributed by atoms with Crippen molar-refractivity contribution in [1.29, 1.82) is 0 Å². The van der Waals surface area contributed by atoms with E-state index in [1.165, 1.54) is 17.0 Å². The van der Waals surface area contributed by atoms with E-state index in [9.17, 15) is 13.2 Å². The molecule has 2 heterocycles. The van der Waals surface area contributed by atoms with Crippen LogP contribution in [0.3, 0.4) is 0 Å². The van der Waals surface area contributed by atoms with Crippen molar-refractivity contribution >= 4 is 33.3 Å². The Kier molecular flexibility index (Phi) is 4.58. The summed E-state index contributed by atoms with van der Waals surface area (Å²) < 4.78 is 27.5. The highest BCUT2D eigenvalue weighted by Gasteiger charge is 2.26. The summed E-state index contributed by atoms with van der Waals surface area (Å²) in [4.78, 5) is 13.3. The number of benzene rings is 1. The topological polar surface area (TPSA) is 104 Å². The van der Waals surface area contributed by atoms with Crippen molar-refractivity contribution in [2.75, 3.05) is 28.5 Å². The highest BCUT2D eigenvalue weighted by molar-refractivity contribution is 7.92. The number of nitrogens with zero attached hydrogens (tertiary/aromatic N) is 3. The Bertz CT molecular complexity index is 896. The molecule has 0 radical (unpaired) electrons. The highest BCUT2D eigenvalue weighted by atomic mass is 32.2. The molecule has 1 aromatic heterocycles. The molecule has 132 valence electrons. The summed E-state index contributed by atoms with van der Waals surface area (Å²) >= 11 is 0. The van der Waals surface area contributed by atoms with Gasteiger partial charge < -0.3 is 10.2 Å². The highest BCUT2D eigenvalue weighted by Crippen LogP contribution is 2.30. The van der Waals surface area contributed by atoms with Crippen LogP contribution in [0.25, 0.3) is 0 Å². The summed E-state index contributed by atoms with van der Waals surface area (Å²) in [5, 5.41) is 10.9. The number of carbonyl (C=O) groups excluding carboxylic acids is 1. The van der Waals surface area contributed by atoms with E-state index in [-0.39, 0.29) is 23.0 Å². The van der Waals surface area contributed by atoms with Crippen molar-refractivity contribution in [3.05, 3.63) is 35.9 Å². The molecule has 0 unspecified atom stereocenters. The molecule has 0 saturated carbocycles. The zero-order valence-corrected chi connectivity index (χ0v) is 14.8. The van der Waals surface area contributed by atoms with Gasteiger partial charge >= 0.3 is 0 Å². The van der Waals surface area contributed by atoms with Crippen LogP contribution in [0.2, 0.25) is 0 Å². The van der Waals surface area contributed by atoms with Crippen LogP contribution in [-0.2, 0) is 21.2 Å². The van der Waals surface area contributed by atoms with Gasteiger partial charge in [0.05, 0.1) is 11.3 Å². The van der Waals surface area contributed by atoms with Gasteiger partial charge in [-0.3, -0.25) is 9.52 Å². The SMILES string of the molecule is CCCNc1ccc(NS(=O)(=O)c2ccc3c(c2)CC(=O)N3C)nn1. The second-order valence-corrected chi connectivity index (χ2v) is 7.44. The molecule has 0 atom stereocenters. The largest absolute Gasteiger partial charge is 0.369 e. The molecule has 2 N–H and O–H groups in total. The second-order valence-electron chi connectivity index (χ2n) is 5.76. The smallest absolute Gasteiger partial charge is 0.263 e. The van der Waals surface area contributed by atoms with Crippen LogP contribution < -0.4 is 14.9 Å². The van der Waals surface area contributed by atoms with E-state index in [1.54, 1.807) is 25.2 Å². The van der Waals surface area contributed by atoms with Crippen LogP contribution in [0.15, 0.2) is 35.2 Å². The Labute approximate surface area is 146 Å². The first-order valence-corrected chi connectivity index (χ1v) is 9.39. The molecular weight excluding hydrogens is 342 g/mol. The van der Waals surface area contributed by atoms with Gasteiger partial charge in [-0.15, -0.1) is 10.2 Å². The zero-order chi connectivity index (χ0) is 18.0. The summed E-state index contributed by atoms with van der Waals surface area (Å²) in [6.07, 6.45) is 1.15. The molecule has 3 rings (SSSR count). The molecule has 1 aliphatic heterocycles. The maximum absolute atomic E-state index is 12.5. The van der Waals surface area contributed by atoms with Gasteiger partial charge in [-0.1, -0.05) is 6.92 Å². The third-order valence-electron chi connectivity index (χ3n) is 3.90. The molecule has 0 saturated heterocycles. The number of nitrogens with one attached hydrogen (secondary N) is 2. The van der Waals surface area contributed by atoms with Crippen molar-refractivity contribution in [3.63, 3.8) is 0 Å². The van der Waals surface area contributed by atoms with Crippen LogP contribution in [-0.4, -0.2) is 38.1 Å². The van der Waals surface area contributed by atoms with Crippen LogP contribution >= 0.6 is 0 Å². The number of hydrogen-bond donors (Lipinski definition) is 2. The summed E-state index contributed by atoms with van der Waals surface area (Å²) in [5.74, 6) is 0.665. The number of aromatic nitrogens is 2. The second kappa shape index (κ2) is 6.67. The first kappa shape index (κ1) is 17.2. The average molecular weight is 361 g/mol. The number of fused-ring (bicyclic) bond motifs is 1. The zero-order valence-electron chi connectivity index (χ0n) is 14.0. The minimum atomic E-state index is -3.80. The van der Waals surface area contributed by atoms with Gasteiger partial charge in [-0.05, 0) is 42.3 Å². The molecule has 2 aromatic rings. The van der Waals surface area contributed by atoms with Crippen molar-refractivity contribution in [1.82, 2.24) is 10.2 Å². The van der Waals surface area contributed by atoms with Gasteiger partial charge in [-0.25, -0.2) is 8.42 Å². The Morgan fingerprint density at radius 2 is 1.88 bits per heavy atom. The predicted molar refractivity (Wildman–Crippen MR) is 95.2 cm³/mol. The third-order valence-corrected chi connectivity index (χ3v) is 5.25. The number of anilines is 3. The molecule has 0 spiro atoms. The first-order chi connectivity index (χ1) is 11.9. The normalized spacial score (nSPS) is 13.7. The van der Waals surface area contributed by atoms with E-state index in [4.69, 9.17) is 0 Å². The molecule has 9 heteroatoms. The standard InChI is InChI=1S/C16H19N5O3S/c1-3-8-17-14-6-7-15(19-18-14)20-25(23,24)12-4-5-13-11(9-12)10-16(22)21(13)2/h4-7,9H,3,8,10H2,1-2H3,(H,17,18)(H,19,20). The van der Waals surface area contributed by atoms with Crippen molar-refractivity contribution in [2.45, 2.75) is 24.7 Å². The minimum absolute atomic E-state index is 0.0569. The molecule has 0 aliphatic carbocycles. The van der Waals surface area contributed by atoms with Gasteiger partial charge in [0.25, 0.3) is 10.0 Å². The van der Waals surface area contributed by atoms with E-state index in [0.717, 1.165) is 18.7 Å². The quantitative estimate of drug-likeness (QED) is 0.810. The molecule has 0 bridgehead atoms. The van der Waals surface area contributed by atoms with Crippen LogP contribution in [0, 0.1) is 0 Å². The first-order valence-electron chi connectivity index (χ1n) is 7.90. The lowest BCUT2D eigenvalue weighted by Gasteiger charge is -2.11. The molecule has 8 nitrogen and oxygen atoms in total. The lowest BCUT2D eigenvalue weighted by Crippen LogP contribution is -2.20. The maximum Gasteiger partial charge on any atom is 0.263 e. The van der Waals surface area contributed by atoms with E-state index < -0.39 is 10.0 Å². The minimum Gasteiger partial charge on any atom is -0.369 e. The van der Waals surface area contributed by atoms with Gasteiger partial charge in [0.15, 0.2) is 5.82 Å². The van der Waals surface area contributed by atoms with Crippen LogP contribution in [0.1, 0.15) is 18.9 Å². The molecular formula is C16H19N5O3S. The number of likely N-dealkylation sites (N-methyl/N-ethyl adjacent to an activating group) is 1. The fourth-order valence-corrected chi connectivity index (χ4v) is 3.59. The van der Waals surface area contributed by atoms with Crippen LogP contribution in [0.4, 0.5) is 17.3 Å². The van der Waals surface area contributed by atoms with Gasteiger partial charge in [-0.2, -0.15) is 0 Å². The average Bonchev–Trinajstić information content (AvgIpc) is 2.88. The van der Waals surface area contributed by atoms with E-state index in [0.29, 0.717) is 11.4 Å². The number of hydrogen-bond acceptors (Lipinski definition) is 6. The third kappa shape index (κ3) is 3.55. The lowest BCUT2D eigenvalue weighted by molar-refractivity contribution is -0.117. The molecule has 25 heavy (non-hydrogen) atoms. The van der Waals surface area contributed by atoms with Crippen LogP contribution in [0.5, 0.6) is 0 Å². The van der Waals surface area contributed by atoms with E-state index in [2.05, 4.69) is 20.2 Å². The maximum atomic E-state index is 12.5. The summed E-state index contributed by atoms with van der Waals surface area (Å²) in [6.45, 7) is 2.80. The Balaban J connectivity index is 1.78. The molecule has 1 aromatic carbocycles. The summed E-state index contributed by atoms with van der Waals surface area (Å²) in [7, 11) is -2.13. The van der Waals surface area contributed by atoms with Crippen molar-refractivity contribution in [3.8, 4) is 0 Å². The van der Waals surface area contributed by atoms with Gasteiger partial charge in [0, 0.05) is 19.3 Å². The fraction of sp³-hybridized carbons (Fsp3) is 0.312. The number of sulfonamides is 1. The monoisotopic (exact) mass is 361 g/mol. The molecule has 0 fully saturated rings. The Hall–Kier alpha value is -2.68. The lowest BCUT2D eigenvalue weighted by atomic mass is 10.2. The van der Waals surface area contributed by atoms with Crippen molar-refractivity contribution < 1.29 is 13.2 Å². The fourth-order valence-electron chi connectivity index (χ4n) is 2.54. The molecule has 1 amide bonds.